The van der Waals surface area contributed by atoms with E-state index < -0.39 is 0 Å². The molecule has 2 N–H and O–H groups in total. The van der Waals surface area contributed by atoms with Gasteiger partial charge < -0.3 is 5.73 Å². The fraction of sp³-hybridized carbons (Fsp3) is 0. The zero-order valence-corrected chi connectivity index (χ0v) is 9.07. The third kappa shape index (κ3) is 1.83. The summed E-state index contributed by atoms with van der Waals surface area (Å²) in [6.45, 7) is 0. The number of nitrogens with two attached hydrogens (primary N) is 1. The van der Waals surface area contributed by atoms with Crippen LogP contribution in [0.4, 0.5) is 5.82 Å². The Balaban J connectivity index is 2.64. The van der Waals surface area contributed by atoms with Crippen LogP contribution in [-0.4, -0.2) is 9.97 Å². The molecule has 0 aliphatic rings. The quantitative estimate of drug-likeness (QED) is 0.764. The maximum absolute atomic E-state index is 5.81. The molecular formula is C12H8ClN3. The molecule has 78 valence electrons. The smallest absolute Gasteiger partial charge is 0.135 e. The predicted molar refractivity (Wildman–Crippen MR) is 64.8 cm³/mol. The SMILES string of the molecule is C#Cc1ncnc(N)c1-c1ccc(Cl)cc1. The van der Waals surface area contributed by atoms with Crippen LogP contribution in [0.15, 0.2) is 30.6 Å². The molecule has 0 spiro atoms. The lowest BCUT2D eigenvalue weighted by Crippen LogP contribution is -1.99. The van der Waals surface area contributed by atoms with Crippen molar-refractivity contribution in [2.45, 2.75) is 0 Å². The molecule has 0 saturated carbocycles. The van der Waals surface area contributed by atoms with Crippen molar-refractivity contribution in [1.29, 1.82) is 0 Å². The van der Waals surface area contributed by atoms with Crippen molar-refractivity contribution in [3.8, 4) is 23.5 Å². The molecule has 1 heterocycles. The fourth-order valence-electron chi connectivity index (χ4n) is 1.41. The van der Waals surface area contributed by atoms with Crippen molar-refractivity contribution in [3.05, 3.63) is 41.3 Å². The van der Waals surface area contributed by atoms with E-state index in [1.165, 1.54) is 6.33 Å². The van der Waals surface area contributed by atoms with E-state index >= 15 is 0 Å². The Bertz CT molecular complexity index is 555. The van der Waals surface area contributed by atoms with Gasteiger partial charge in [0.25, 0.3) is 0 Å². The van der Waals surface area contributed by atoms with Crippen LogP contribution in [-0.2, 0) is 0 Å². The second-order valence-corrected chi connectivity index (χ2v) is 3.57. The van der Waals surface area contributed by atoms with Gasteiger partial charge in [-0.1, -0.05) is 23.7 Å². The second-order valence-electron chi connectivity index (χ2n) is 3.13. The fourth-order valence-corrected chi connectivity index (χ4v) is 1.54. The van der Waals surface area contributed by atoms with E-state index in [0.717, 1.165) is 5.56 Å². The summed E-state index contributed by atoms with van der Waals surface area (Å²) in [7, 11) is 0. The molecule has 1 aromatic heterocycles. The molecule has 3 nitrogen and oxygen atoms in total. The largest absolute Gasteiger partial charge is 0.383 e. The van der Waals surface area contributed by atoms with Gasteiger partial charge in [0, 0.05) is 5.02 Å². The van der Waals surface area contributed by atoms with Crippen LogP contribution in [0.1, 0.15) is 5.69 Å². The second kappa shape index (κ2) is 4.21. The summed E-state index contributed by atoms with van der Waals surface area (Å²) in [6, 6.07) is 7.20. The standard InChI is InChI=1S/C12H8ClN3/c1-2-10-11(12(14)16-7-15-10)8-3-5-9(13)6-4-8/h1,3-7H,(H2,14,15,16). The van der Waals surface area contributed by atoms with Gasteiger partial charge in [-0.2, -0.15) is 0 Å². The van der Waals surface area contributed by atoms with Crippen molar-refractivity contribution in [2.24, 2.45) is 0 Å². The molecule has 0 saturated heterocycles. The highest BCUT2D eigenvalue weighted by atomic mass is 35.5. The average Bonchev–Trinajstić information content (AvgIpc) is 2.30. The lowest BCUT2D eigenvalue weighted by Gasteiger charge is -2.06. The molecule has 0 fully saturated rings. The normalized spacial score (nSPS) is 9.75. The van der Waals surface area contributed by atoms with Gasteiger partial charge >= 0.3 is 0 Å². The van der Waals surface area contributed by atoms with E-state index in [4.69, 9.17) is 23.8 Å². The Kier molecular flexibility index (Phi) is 2.76. The van der Waals surface area contributed by atoms with Gasteiger partial charge in [-0.3, -0.25) is 0 Å². The van der Waals surface area contributed by atoms with E-state index in [9.17, 15) is 0 Å². The third-order valence-electron chi connectivity index (χ3n) is 2.15. The van der Waals surface area contributed by atoms with Gasteiger partial charge in [-0.25, -0.2) is 9.97 Å². The molecule has 0 unspecified atom stereocenters. The number of terminal acetylenes is 1. The average molecular weight is 230 g/mol. The molecule has 0 radical (unpaired) electrons. The van der Waals surface area contributed by atoms with Crippen LogP contribution in [0.2, 0.25) is 5.02 Å². The van der Waals surface area contributed by atoms with E-state index in [2.05, 4.69) is 15.9 Å². The molecule has 2 rings (SSSR count). The van der Waals surface area contributed by atoms with Crippen LogP contribution < -0.4 is 5.73 Å². The van der Waals surface area contributed by atoms with Gasteiger partial charge in [-0.15, -0.1) is 6.42 Å². The summed E-state index contributed by atoms with van der Waals surface area (Å²) in [5, 5.41) is 0.654. The summed E-state index contributed by atoms with van der Waals surface area (Å²) < 4.78 is 0. The number of benzene rings is 1. The Morgan fingerprint density at radius 2 is 1.88 bits per heavy atom. The molecule has 16 heavy (non-hydrogen) atoms. The van der Waals surface area contributed by atoms with Crippen molar-refractivity contribution in [1.82, 2.24) is 9.97 Å². The minimum Gasteiger partial charge on any atom is -0.383 e. The van der Waals surface area contributed by atoms with E-state index in [1.54, 1.807) is 12.1 Å². The molecule has 1 aromatic carbocycles. The van der Waals surface area contributed by atoms with Crippen LogP contribution in [0, 0.1) is 12.3 Å². The van der Waals surface area contributed by atoms with Gasteiger partial charge in [0.2, 0.25) is 0 Å². The Morgan fingerprint density at radius 3 is 2.50 bits per heavy atom. The zero-order chi connectivity index (χ0) is 11.5. The number of hydrogen-bond donors (Lipinski definition) is 1. The van der Waals surface area contributed by atoms with E-state index in [0.29, 0.717) is 22.1 Å². The molecule has 2 aromatic rings. The van der Waals surface area contributed by atoms with E-state index in [-0.39, 0.29) is 0 Å². The number of rotatable bonds is 1. The molecular weight excluding hydrogens is 222 g/mol. The first-order valence-corrected chi connectivity index (χ1v) is 4.93. The molecule has 0 bridgehead atoms. The minimum atomic E-state index is 0.366. The third-order valence-corrected chi connectivity index (χ3v) is 2.40. The molecule has 4 heteroatoms. The van der Waals surface area contributed by atoms with Crippen molar-refractivity contribution < 1.29 is 0 Å². The molecule has 0 atom stereocenters. The summed E-state index contributed by atoms with van der Waals surface area (Å²) in [4.78, 5) is 7.92. The lowest BCUT2D eigenvalue weighted by atomic mass is 10.0. The van der Waals surface area contributed by atoms with Crippen molar-refractivity contribution >= 4 is 17.4 Å². The van der Waals surface area contributed by atoms with Crippen LogP contribution >= 0.6 is 11.6 Å². The monoisotopic (exact) mass is 229 g/mol. The summed E-state index contributed by atoms with van der Waals surface area (Å²) in [5.74, 6) is 2.85. The van der Waals surface area contributed by atoms with Gasteiger partial charge in [0.05, 0.1) is 5.56 Å². The molecule has 0 aliphatic carbocycles. The number of aromatic nitrogens is 2. The van der Waals surface area contributed by atoms with Crippen molar-refractivity contribution in [2.75, 3.05) is 5.73 Å². The maximum atomic E-state index is 5.81. The summed E-state index contributed by atoms with van der Waals surface area (Å²) in [6.07, 6.45) is 6.72. The van der Waals surface area contributed by atoms with Gasteiger partial charge in [0.1, 0.15) is 17.8 Å². The van der Waals surface area contributed by atoms with Crippen LogP contribution in [0.5, 0.6) is 0 Å². The molecule has 0 aliphatic heterocycles. The van der Waals surface area contributed by atoms with Crippen LogP contribution in [0.25, 0.3) is 11.1 Å². The first kappa shape index (κ1) is 10.5. The highest BCUT2D eigenvalue weighted by Crippen LogP contribution is 2.27. The number of hydrogen-bond acceptors (Lipinski definition) is 3. The van der Waals surface area contributed by atoms with Crippen LogP contribution in [0.3, 0.4) is 0 Å². The highest BCUT2D eigenvalue weighted by molar-refractivity contribution is 6.30. The highest BCUT2D eigenvalue weighted by Gasteiger charge is 2.09. The zero-order valence-electron chi connectivity index (χ0n) is 8.31. The molecule has 0 amide bonds. The minimum absolute atomic E-state index is 0.366. The summed E-state index contributed by atoms with van der Waals surface area (Å²) >= 11 is 5.81. The summed E-state index contributed by atoms with van der Waals surface area (Å²) in [5.41, 5.74) is 7.79. The topological polar surface area (TPSA) is 51.8 Å². The maximum Gasteiger partial charge on any atom is 0.135 e. The predicted octanol–water partition coefficient (Wildman–Crippen LogP) is 2.36. The van der Waals surface area contributed by atoms with E-state index in [1.807, 2.05) is 12.1 Å². The lowest BCUT2D eigenvalue weighted by molar-refractivity contribution is 1.16. The first-order chi connectivity index (χ1) is 7.72. The number of halogens is 1. The van der Waals surface area contributed by atoms with Gasteiger partial charge in [0.15, 0.2) is 0 Å². The number of nitrogens with zero attached hydrogens (tertiary/aromatic N) is 2. The Labute approximate surface area is 98.3 Å². The Hall–Kier alpha value is -2.05. The first-order valence-electron chi connectivity index (χ1n) is 4.55. The number of nitrogen functional groups attached to an aromatic ring is 1. The van der Waals surface area contributed by atoms with Crippen molar-refractivity contribution in [3.63, 3.8) is 0 Å². The Morgan fingerprint density at radius 1 is 1.19 bits per heavy atom. The van der Waals surface area contributed by atoms with Gasteiger partial charge in [-0.05, 0) is 23.6 Å². The number of anilines is 1.